The van der Waals surface area contributed by atoms with Gasteiger partial charge in [-0.15, -0.1) is 12.4 Å². The van der Waals surface area contributed by atoms with Gasteiger partial charge in [0.2, 0.25) is 5.89 Å². The largest absolute Gasteiger partial charge is 0.497 e. The minimum absolute atomic E-state index is 0. The third-order valence-electron chi connectivity index (χ3n) is 3.01. The van der Waals surface area contributed by atoms with Gasteiger partial charge in [0.15, 0.2) is 5.82 Å². The Morgan fingerprint density at radius 3 is 2.45 bits per heavy atom. The molecule has 0 unspecified atom stereocenters. The number of methoxy groups -OCH3 is 1. The summed E-state index contributed by atoms with van der Waals surface area (Å²) in [4.78, 5) is 4.34. The summed E-state index contributed by atoms with van der Waals surface area (Å²) in [7, 11) is 1.65. The molecule has 110 valence electrons. The standard InChI is InChI=1S/C14H19N3O2.ClH/c1-9(2)13(15)14-16-12(17-19-14)8-10-4-6-11(18-3)7-5-10;/h4-7,9,13H,8,15H2,1-3H3;1H/t13-;/m1./s1. The maximum Gasteiger partial charge on any atom is 0.243 e. The predicted molar refractivity (Wildman–Crippen MR) is 79.1 cm³/mol. The molecular formula is C14H20ClN3O2. The number of aromatic nitrogens is 2. The van der Waals surface area contributed by atoms with Crippen LogP contribution in [0.5, 0.6) is 5.75 Å². The van der Waals surface area contributed by atoms with E-state index in [1.54, 1.807) is 7.11 Å². The van der Waals surface area contributed by atoms with Crippen molar-refractivity contribution in [2.24, 2.45) is 11.7 Å². The van der Waals surface area contributed by atoms with Crippen LogP contribution in [0.2, 0.25) is 0 Å². The molecule has 0 fully saturated rings. The van der Waals surface area contributed by atoms with Crippen LogP contribution in [-0.4, -0.2) is 17.3 Å². The van der Waals surface area contributed by atoms with E-state index in [2.05, 4.69) is 10.1 Å². The van der Waals surface area contributed by atoms with Crippen molar-refractivity contribution >= 4 is 12.4 Å². The summed E-state index contributed by atoms with van der Waals surface area (Å²) in [6, 6.07) is 7.58. The molecule has 20 heavy (non-hydrogen) atoms. The topological polar surface area (TPSA) is 74.2 Å². The summed E-state index contributed by atoms with van der Waals surface area (Å²) in [6.07, 6.45) is 0.623. The smallest absolute Gasteiger partial charge is 0.243 e. The zero-order chi connectivity index (χ0) is 13.8. The molecule has 1 aromatic carbocycles. The Kier molecular flexibility index (Phi) is 5.98. The summed E-state index contributed by atoms with van der Waals surface area (Å²) in [5.74, 6) is 2.25. The van der Waals surface area contributed by atoms with Gasteiger partial charge in [-0.3, -0.25) is 0 Å². The molecule has 0 amide bonds. The van der Waals surface area contributed by atoms with Gasteiger partial charge in [-0.2, -0.15) is 4.98 Å². The van der Waals surface area contributed by atoms with Gasteiger partial charge in [0, 0.05) is 6.42 Å². The van der Waals surface area contributed by atoms with E-state index < -0.39 is 0 Å². The third-order valence-corrected chi connectivity index (χ3v) is 3.01. The van der Waals surface area contributed by atoms with Gasteiger partial charge in [0.25, 0.3) is 0 Å². The number of hydrogen-bond acceptors (Lipinski definition) is 5. The fourth-order valence-corrected chi connectivity index (χ4v) is 1.69. The highest BCUT2D eigenvalue weighted by Crippen LogP contribution is 2.18. The van der Waals surface area contributed by atoms with Crippen molar-refractivity contribution in [2.45, 2.75) is 26.3 Å². The number of benzene rings is 1. The van der Waals surface area contributed by atoms with Crippen molar-refractivity contribution in [1.29, 1.82) is 0 Å². The molecule has 2 N–H and O–H groups in total. The third kappa shape index (κ3) is 3.95. The van der Waals surface area contributed by atoms with Gasteiger partial charge in [0.05, 0.1) is 13.2 Å². The molecule has 2 aromatic rings. The first-order chi connectivity index (χ1) is 9.10. The van der Waals surface area contributed by atoms with Crippen LogP contribution in [0, 0.1) is 5.92 Å². The summed E-state index contributed by atoms with van der Waals surface area (Å²) in [6.45, 7) is 4.05. The molecule has 0 saturated carbocycles. The molecule has 0 radical (unpaired) electrons. The van der Waals surface area contributed by atoms with E-state index in [-0.39, 0.29) is 24.4 Å². The first-order valence-electron chi connectivity index (χ1n) is 6.31. The second kappa shape index (κ2) is 7.26. The molecule has 2 rings (SSSR count). The quantitative estimate of drug-likeness (QED) is 0.918. The second-order valence-corrected chi connectivity index (χ2v) is 4.84. The van der Waals surface area contributed by atoms with E-state index in [9.17, 15) is 0 Å². The number of nitrogens with two attached hydrogens (primary N) is 1. The second-order valence-electron chi connectivity index (χ2n) is 4.84. The van der Waals surface area contributed by atoms with Gasteiger partial charge >= 0.3 is 0 Å². The van der Waals surface area contributed by atoms with Crippen LogP contribution >= 0.6 is 12.4 Å². The maximum absolute atomic E-state index is 5.97. The molecule has 0 bridgehead atoms. The molecule has 5 nitrogen and oxygen atoms in total. The number of rotatable bonds is 5. The summed E-state index contributed by atoms with van der Waals surface area (Å²) < 4.78 is 10.3. The molecule has 0 saturated heterocycles. The van der Waals surface area contributed by atoms with Crippen LogP contribution in [0.15, 0.2) is 28.8 Å². The van der Waals surface area contributed by atoms with Crippen molar-refractivity contribution < 1.29 is 9.26 Å². The average Bonchev–Trinajstić information content (AvgIpc) is 2.87. The monoisotopic (exact) mass is 297 g/mol. The van der Waals surface area contributed by atoms with Crippen LogP contribution < -0.4 is 10.5 Å². The SMILES string of the molecule is COc1ccc(Cc2noc([C@H](N)C(C)C)n2)cc1.Cl. The molecule has 0 aliphatic rings. The number of halogens is 1. The Bertz CT molecular complexity index is 525. The van der Waals surface area contributed by atoms with Crippen LogP contribution in [0.4, 0.5) is 0 Å². The predicted octanol–water partition coefficient (Wildman–Crippen LogP) is 2.75. The van der Waals surface area contributed by atoms with Crippen molar-refractivity contribution in [3.05, 3.63) is 41.5 Å². The van der Waals surface area contributed by atoms with Crippen molar-refractivity contribution in [1.82, 2.24) is 10.1 Å². The number of ether oxygens (including phenoxy) is 1. The van der Waals surface area contributed by atoms with E-state index in [0.717, 1.165) is 11.3 Å². The van der Waals surface area contributed by atoms with Crippen LogP contribution in [0.3, 0.4) is 0 Å². The molecule has 1 heterocycles. The fraction of sp³-hybridized carbons (Fsp3) is 0.429. The van der Waals surface area contributed by atoms with Crippen LogP contribution in [0.1, 0.15) is 37.2 Å². The molecule has 0 spiro atoms. The van der Waals surface area contributed by atoms with Crippen molar-refractivity contribution in [3.8, 4) is 5.75 Å². The summed E-state index contributed by atoms with van der Waals surface area (Å²) in [5.41, 5.74) is 7.07. The first-order valence-corrected chi connectivity index (χ1v) is 6.31. The zero-order valence-corrected chi connectivity index (χ0v) is 12.7. The molecule has 0 aliphatic carbocycles. The van der Waals surface area contributed by atoms with Crippen LogP contribution in [0.25, 0.3) is 0 Å². The lowest BCUT2D eigenvalue weighted by Crippen LogP contribution is -2.17. The van der Waals surface area contributed by atoms with E-state index in [0.29, 0.717) is 18.1 Å². The van der Waals surface area contributed by atoms with E-state index >= 15 is 0 Å². The molecule has 0 aliphatic heterocycles. The Balaban J connectivity index is 0.00000200. The lowest BCUT2D eigenvalue weighted by molar-refractivity contribution is 0.322. The van der Waals surface area contributed by atoms with Gasteiger partial charge in [0.1, 0.15) is 5.75 Å². The van der Waals surface area contributed by atoms with Crippen LogP contribution in [-0.2, 0) is 6.42 Å². The van der Waals surface area contributed by atoms with E-state index in [1.165, 1.54) is 0 Å². The van der Waals surface area contributed by atoms with E-state index in [1.807, 2.05) is 38.1 Å². The Morgan fingerprint density at radius 2 is 1.90 bits per heavy atom. The van der Waals surface area contributed by atoms with Crippen molar-refractivity contribution in [2.75, 3.05) is 7.11 Å². The van der Waals surface area contributed by atoms with E-state index in [4.69, 9.17) is 15.0 Å². The number of nitrogens with zero attached hydrogens (tertiary/aromatic N) is 2. The molecule has 1 atom stereocenters. The lowest BCUT2D eigenvalue weighted by atomic mass is 10.1. The minimum Gasteiger partial charge on any atom is -0.497 e. The van der Waals surface area contributed by atoms with Gasteiger partial charge in [-0.1, -0.05) is 31.1 Å². The van der Waals surface area contributed by atoms with Gasteiger partial charge in [-0.05, 0) is 23.6 Å². The normalized spacial score (nSPS) is 12.1. The fourth-order valence-electron chi connectivity index (χ4n) is 1.69. The zero-order valence-electron chi connectivity index (χ0n) is 11.9. The molecule has 1 aromatic heterocycles. The highest BCUT2D eigenvalue weighted by Gasteiger charge is 2.17. The lowest BCUT2D eigenvalue weighted by Gasteiger charge is -2.09. The highest BCUT2D eigenvalue weighted by atomic mass is 35.5. The molecular weight excluding hydrogens is 278 g/mol. The van der Waals surface area contributed by atoms with Gasteiger partial charge < -0.3 is 15.0 Å². The summed E-state index contributed by atoms with van der Waals surface area (Å²) in [5, 5.41) is 3.96. The highest BCUT2D eigenvalue weighted by molar-refractivity contribution is 5.85. The average molecular weight is 298 g/mol. The van der Waals surface area contributed by atoms with Crippen molar-refractivity contribution in [3.63, 3.8) is 0 Å². The summed E-state index contributed by atoms with van der Waals surface area (Å²) >= 11 is 0. The Hall–Kier alpha value is -1.59. The molecule has 6 heteroatoms. The Morgan fingerprint density at radius 1 is 1.25 bits per heavy atom. The maximum atomic E-state index is 5.97. The first kappa shape index (κ1) is 16.5. The number of hydrogen-bond donors (Lipinski definition) is 1. The Labute approximate surface area is 124 Å². The minimum atomic E-state index is -0.211. The van der Waals surface area contributed by atoms with Gasteiger partial charge in [-0.25, -0.2) is 0 Å².